The second-order valence-electron chi connectivity index (χ2n) is 3.83. The van der Waals surface area contributed by atoms with Crippen molar-refractivity contribution >= 4 is 11.5 Å². The highest BCUT2D eigenvalue weighted by atomic mass is 16.5. The molecule has 2 heterocycles. The molecule has 0 radical (unpaired) electrons. The number of rotatable bonds is 5. The maximum Gasteiger partial charge on any atom is 0.130 e. The molecule has 90 valence electrons. The van der Waals surface area contributed by atoms with Crippen LogP contribution in [0.15, 0.2) is 30.7 Å². The minimum absolute atomic E-state index is 0.657. The molecule has 0 unspecified atom stereocenters. The Labute approximate surface area is 100 Å². The minimum atomic E-state index is 0.657. The van der Waals surface area contributed by atoms with Gasteiger partial charge in [0, 0.05) is 19.5 Å². The average molecular weight is 232 g/mol. The molecule has 5 heteroatoms. The molecular formula is C12H16N4O. The van der Waals surface area contributed by atoms with Crippen LogP contribution in [0.3, 0.4) is 0 Å². The number of hydrogen-bond acceptors (Lipinski definition) is 4. The number of pyridine rings is 1. The van der Waals surface area contributed by atoms with E-state index in [2.05, 4.69) is 15.4 Å². The molecule has 0 aromatic carbocycles. The van der Waals surface area contributed by atoms with E-state index in [1.807, 2.05) is 36.1 Å². The molecule has 0 bridgehead atoms. The summed E-state index contributed by atoms with van der Waals surface area (Å²) in [5.41, 5.74) is 2.07. The van der Waals surface area contributed by atoms with Gasteiger partial charge in [0.1, 0.15) is 5.82 Å². The van der Waals surface area contributed by atoms with Crippen LogP contribution in [0.4, 0.5) is 11.5 Å². The van der Waals surface area contributed by atoms with Crippen LogP contribution in [0.2, 0.25) is 0 Å². The average Bonchev–Trinajstić information content (AvgIpc) is 2.77. The molecule has 0 atom stereocenters. The Morgan fingerprint density at radius 3 is 2.94 bits per heavy atom. The molecule has 0 saturated heterocycles. The fourth-order valence-electron chi connectivity index (χ4n) is 1.42. The smallest absolute Gasteiger partial charge is 0.130 e. The number of anilines is 2. The maximum atomic E-state index is 4.99. The van der Waals surface area contributed by atoms with Crippen molar-refractivity contribution in [2.24, 2.45) is 0 Å². The summed E-state index contributed by atoms with van der Waals surface area (Å²) >= 11 is 0. The van der Waals surface area contributed by atoms with Crippen LogP contribution in [0.5, 0.6) is 0 Å². The lowest BCUT2D eigenvalue weighted by Gasteiger charge is -2.02. The van der Waals surface area contributed by atoms with Crippen LogP contribution >= 0.6 is 0 Å². The van der Waals surface area contributed by atoms with Crippen molar-refractivity contribution in [1.82, 2.24) is 14.8 Å². The standard InChI is InChI=1S/C12H16N4O/c1-10-3-4-12(13-7-10)15-11-8-14-16(9-11)5-6-17-2/h3-4,7-9H,5-6H2,1-2H3,(H,13,15). The third-order valence-corrected chi connectivity index (χ3v) is 2.34. The zero-order chi connectivity index (χ0) is 12.1. The summed E-state index contributed by atoms with van der Waals surface area (Å²) < 4.78 is 6.83. The summed E-state index contributed by atoms with van der Waals surface area (Å²) in [6, 6.07) is 3.96. The largest absolute Gasteiger partial charge is 0.383 e. The van der Waals surface area contributed by atoms with Gasteiger partial charge in [-0.25, -0.2) is 4.98 Å². The molecule has 5 nitrogen and oxygen atoms in total. The molecule has 2 aromatic heterocycles. The molecule has 0 saturated carbocycles. The fraction of sp³-hybridized carbons (Fsp3) is 0.333. The van der Waals surface area contributed by atoms with Crippen LogP contribution in [0.1, 0.15) is 5.56 Å². The van der Waals surface area contributed by atoms with Crippen molar-refractivity contribution in [3.63, 3.8) is 0 Å². The van der Waals surface area contributed by atoms with E-state index in [1.165, 1.54) is 0 Å². The van der Waals surface area contributed by atoms with Crippen LogP contribution in [-0.4, -0.2) is 28.5 Å². The molecule has 1 N–H and O–H groups in total. The highest BCUT2D eigenvalue weighted by Gasteiger charge is 1.99. The lowest BCUT2D eigenvalue weighted by atomic mass is 10.3. The molecule has 2 rings (SSSR count). The maximum absolute atomic E-state index is 4.99. The van der Waals surface area contributed by atoms with E-state index in [0.717, 1.165) is 23.6 Å². The highest BCUT2D eigenvalue weighted by molar-refractivity contribution is 5.53. The van der Waals surface area contributed by atoms with Crippen molar-refractivity contribution < 1.29 is 4.74 Å². The van der Waals surface area contributed by atoms with Gasteiger partial charge in [-0.05, 0) is 18.6 Å². The molecule has 0 fully saturated rings. The summed E-state index contributed by atoms with van der Waals surface area (Å²) in [5, 5.41) is 7.41. The summed E-state index contributed by atoms with van der Waals surface area (Å²) in [6.45, 7) is 3.42. The van der Waals surface area contributed by atoms with Crippen LogP contribution < -0.4 is 5.32 Å². The quantitative estimate of drug-likeness (QED) is 0.856. The summed E-state index contributed by atoms with van der Waals surface area (Å²) in [6.07, 6.45) is 5.54. The predicted molar refractivity (Wildman–Crippen MR) is 66.4 cm³/mol. The van der Waals surface area contributed by atoms with Gasteiger partial charge in [-0.2, -0.15) is 5.10 Å². The topological polar surface area (TPSA) is 52.0 Å². The van der Waals surface area contributed by atoms with Crippen LogP contribution in [0.25, 0.3) is 0 Å². The molecule has 0 amide bonds. The summed E-state index contributed by atoms with van der Waals surface area (Å²) in [5.74, 6) is 0.821. The normalized spacial score (nSPS) is 10.5. The van der Waals surface area contributed by atoms with Gasteiger partial charge in [0.25, 0.3) is 0 Å². The van der Waals surface area contributed by atoms with E-state index < -0.39 is 0 Å². The van der Waals surface area contributed by atoms with E-state index in [1.54, 1.807) is 13.3 Å². The molecule has 2 aromatic rings. The van der Waals surface area contributed by atoms with Crippen molar-refractivity contribution in [3.05, 3.63) is 36.3 Å². The SMILES string of the molecule is COCCn1cc(Nc2ccc(C)cn2)cn1. The Hall–Kier alpha value is -1.88. The zero-order valence-corrected chi connectivity index (χ0v) is 10.1. The first-order chi connectivity index (χ1) is 8.28. The number of aromatic nitrogens is 3. The molecule has 0 spiro atoms. The van der Waals surface area contributed by atoms with Crippen molar-refractivity contribution in [2.75, 3.05) is 19.0 Å². The number of hydrogen-bond donors (Lipinski definition) is 1. The van der Waals surface area contributed by atoms with Gasteiger partial charge in [-0.15, -0.1) is 0 Å². The molecule has 17 heavy (non-hydrogen) atoms. The van der Waals surface area contributed by atoms with E-state index in [9.17, 15) is 0 Å². The second kappa shape index (κ2) is 5.45. The first-order valence-corrected chi connectivity index (χ1v) is 5.49. The number of nitrogens with zero attached hydrogens (tertiary/aromatic N) is 3. The lowest BCUT2D eigenvalue weighted by Crippen LogP contribution is -2.03. The molecule has 0 aliphatic heterocycles. The third-order valence-electron chi connectivity index (χ3n) is 2.34. The fourth-order valence-corrected chi connectivity index (χ4v) is 1.42. The highest BCUT2D eigenvalue weighted by Crippen LogP contribution is 2.13. The Balaban J connectivity index is 1.98. The first-order valence-electron chi connectivity index (χ1n) is 5.49. The molecule has 0 aliphatic rings. The Morgan fingerprint density at radius 2 is 2.24 bits per heavy atom. The van der Waals surface area contributed by atoms with Gasteiger partial charge in [-0.1, -0.05) is 6.07 Å². The number of nitrogens with one attached hydrogen (secondary N) is 1. The van der Waals surface area contributed by atoms with E-state index >= 15 is 0 Å². The van der Waals surface area contributed by atoms with Crippen molar-refractivity contribution in [1.29, 1.82) is 0 Å². The van der Waals surface area contributed by atoms with Crippen molar-refractivity contribution in [2.45, 2.75) is 13.5 Å². The summed E-state index contributed by atoms with van der Waals surface area (Å²) in [7, 11) is 1.68. The van der Waals surface area contributed by atoms with Gasteiger partial charge >= 0.3 is 0 Å². The van der Waals surface area contributed by atoms with Gasteiger partial charge in [0.2, 0.25) is 0 Å². The Kier molecular flexibility index (Phi) is 3.72. The van der Waals surface area contributed by atoms with Gasteiger partial charge in [-0.3, -0.25) is 4.68 Å². The van der Waals surface area contributed by atoms with E-state index in [4.69, 9.17) is 4.74 Å². The number of aryl methyl sites for hydroxylation is 1. The molecular weight excluding hydrogens is 216 g/mol. The minimum Gasteiger partial charge on any atom is -0.383 e. The summed E-state index contributed by atoms with van der Waals surface area (Å²) in [4.78, 5) is 4.27. The first kappa shape index (κ1) is 11.6. The lowest BCUT2D eigenvalue weighted by molar-refractivity contribution is 0.183. The van der Waals surface area contributed by atoms with Crippen LogP contribution in [-0.2, 0) is 11.3 Å². The monoisotopic (exact) mass is 232 g/mol. The number of methoxy groups -OCH3 is 1. The zero-order valence-electron chi connectivity index (χ0n) is 10.1. The Morgan fingerprint density at radius 1 is 1.35 bits per heavy atom. The van der Waals surface area contributed by atoms with Gasteiger partial charge < -0.3 is 10.1 Å². The second-order valence-corrected chi connectivity index (χ2v) is 3.83. The predicted octanol–water partition coefficient (Wildman–Crippen LogP) is 1.98. The molecule has 0 aliphatic carbocycles. The number of ether oxygens (including phenoxy) is 1. The van der Waals surface area contributed by atoms with Crippen molar-refractivity contribution in [3.8, 4) is 0 Å². The van der Waals surface area contributed by atoms with Crippen LogP contribution in [0, 0.1) is 6.92 Å². The van der Waals surface area contributed by atoms with E-state index in [-0.39, 0.29) is 0 Å². The Bertz CT molecular complexity index is 464. The van der Waals surface area contributed by atoms with Gasteiger partial charge in [0.15, 0.2) is 0 Å². The third kappa shape index (κ3) is 3.29. The van der Waals surface area contributed by atoms with Gasteiger partial charge in [0.05, 0.1) is 25.0 Å². The van der Waals surface area contributed by atoms with E-state index in [0.29, 0.717) is 6.61 Å².